The van der Waals surface area contributed by atoms with Crippen LogP contribution in [0.25, 0.3) is 0 Å². The van der Waals surface area contributed by atoms with Crippen molar-refractivity contribution >= 4 is 5.97 Å². The molecule has 0 spiro atoms. The van der Waals surface area contributed by atoms with Gasteiger partial charge in [-0.3, -0.25) is 9.69 Å². The van der Waals surface area contributed by atoms with Crippen LogP contribution >= 0.6 is 0 Å². The number of carboxylic acid groups (broad SMARTS) is 1. The van der Waals surface area contributed by atoms with E-state index < -0.39 is 36.8 Å². The second-order valence-electron chi connectivity index (χ2n) is 4.02. The number of nitrogens with zero attached hydrogens (tertiary/aromatic N) is 1. The van der Waals surface area contributed by atoms with Crippen molar-refractivity contribution in [2.24, 2.45) is 0 Å². The van der Waals surface area contributed by atoms with Gasteiger partial charge in [0.1, 0.15) is 11.6 Å². The van der Waals surface area contributed by atoms with Gasteiger partial charge in [0.05, 0.1) is 0 Å². The third kappa shape index (κ3) is 2.30. The van der Waals surface area contributed by atoms with Gasteiger partial charge in [-0.25, -0.2) is 0 Å². The Morgan fingerprint density at radius 1 is 1.50 bits per heavy atom. The summed E-state index contributed by atoms with van der Waals surface area (Å²) in [4.78, 5) is 11.7. The Hall–Kier alpha value is -0.820. The van der Waals surface area contributed by atoms with Gasteiger partial charge in [-0.15, -0.1) is 0 Å². The largest absolute Gasteiger partial charge is 0.480 e. The molecule has 1 aliphatic rings. The van der Waals surface area contributed by atoms with Crippen molar-refractivity contribution < 1.29 is 28.2 Å². The molecule has 0 radical (unpaired) electrons. The van der Waals surface area contributed by atoms with Crippen LogP contribution in [0.3, 0.4) is 0 Å². The van der Waals surface area contributed by atoms with Crippen molar-refractivity contribution in [1.29, 1.82) is 0 Å². The first kappa shape index (κ1) is 13.2. The highest BCUT2D eigenvalue weighted by Crippen LogP contribution is 2.45. The van der Waals surface area contributed by atoms with Gasteiger partial charge in [-0.1, -0.05) is 0 Å². The van der Waals surface area contributed by atoms with Gasteiger partial charge in [0, 0.05) is 6.61 Å². The van der Waals surface area contributed by atoms with Crippen LogP contribution in [0.1, 0.15) is 19.3 Å². The van der Waals surface area contributed by atoms with E-state index in [2.05, 4.69) is 0 Å². The molecule has 7 heteroatoms. The summed E-state index contributed by atoms with van der Waals surface area (Å²) in [6, 6.07) is -1.91. The summed E-state index contributed by atoms with van der Waals surface area (Å²) in [5.74, 6) is -1.23. The normalized spacial score (nSPS) is 20.9. The number of alkyl halides is 3. The zero-order valence-electron chi connectivity index (χ0n) is 8.79. The van der Waals surface area contributed by atoms with Gasteiger partial charge in [0.25, 0.3) is 0 Å². The highest BCUT2D eigenvalue weighted by molar-refractivity contribution is 5.82. The molecule has 0 aromatic rings. The van der Waals surface area contributed by atoms with E-state index in [9.17, 15) is 18.0 Å². The maximum Gasteiger partial charge on any atom is 0.404 e. The Morgan fingerprint density at radius 2 is 2.00 bits per heavy atom. The first-order chi connectivity index (χ1) is 7.25. The van der Waals surface area contributed by atoms with Crippen molar-refractivity contribution in [2.45, 2.75) is 37.0 Å². The number of carbonyl (C=O) groups is 1. The molecule has 1 fully saturated rings. The fourth-order valence-corrected chi connectivity index (χ4v) is 1.83. The highest BCUT2D eigenvalue weighted by Gasteiger charge is 2.59. The predicted molar refractivity (Wildman–Crippen MR) is 48.9 cm³/mol. The van der Waals surface area contributed by atoms with Gasteiger partial charge >= 0.3 is 12.1 Å². The lowest BCUT2D eigenvalue weighted by Gasteiger charge is -2.33. The Bertz CT molecular complexity index is 276. The van der Waals surface area contributed by atoms with E-state index in [1.54, 1.807) is 0 Å². The van der Waals surface area contributed by atoms with Crippen LogP contribution in [0, 0.1) is 0 Å². The van der Waals surface area contributed by atoms with Crippen molar-refractivity contribution in [3.63, 3.8) is 0 Å². The van der Waals surface area contributed by atoms with Crippen LogP contribution in [0.4, 0.5) is 13.2 Å². The van der Waals surface area contributed by atoms with E-state index in [1.165, 1.54) is 0 Å². The standard InChI is InChI=1S/C9H14F3NO3/c1-13(8(3-4-8)7(15)16)6(2-5-14)9(10,11)12/h6,14H,2-5H2,1H3,(H,15,16). The van der Waals surface area contributed by atoms with Crippen LogP contribution in [-0.4, -0.2) is 52.5 Å². The molecule has 1 atom stereocenters. The van der Waals surface area contributed by atoms with Crippen molar-refractivity contribution in [3.8, 4) is 0 Å². The van der Waals surface area contributed by atoms with E-state index in [0.717, 1.165) is 11.9 Å². The third-order valence-corrected chi connectivity index (χ3v) is 3.04. The minimum atomic E-state index is -4.53. The summed E-state index contributed by atoms with van der Waals surface area (Å²) in [5.41, 5.74) is -1.39. The summed E-state index contributed by atoms with van der Waals surface area (Å²) >= 11 is 0. The number of hydrogen-bond acceptors (Lipinski definition) is 3. The van der Waals surface area contributed by atoms with Crippen LogP contribution < -0.4 is 0 Å². The van der Waals surface area contributed by atoms with E-state index in [-0.39, 0.29) is 12.8 Å². The lowest BCUT2D eigenvalue weighted by molar-refractivity contribution is -0.195. The van der Waals surface area contributed by atoms with Crippen LogP contribution in [0.5, 0.6) is 0 Å². The Balaban J connectivity index is 2.84. The summed E-state index contributed by atoms with van der Waals surface area (Å²) in [7, 11) is 1.15. The topological polar surface area (TPSA) is 60.8 Å². The fourth-order valence-electron chi connectivity index (χ4n) is 1.83. The number of hydrogen-bond donors (Lipinski definition) is 2. The number of rotatable bonds is 5. The quantitative estimate of drug-likeness (QED) is 0.749. The summed E-state index contributed by atoms with van der Waals surface area (Å²) in [6.07, 6.45) is -4.59. The van der Waals surface area contributed by atoms with E-state index >= 15 is 0 Å². The summed E-state index contributed by atoms with van der Waals surface area (Å²) < 4.78 is 37.9. The molecule has 16 heavy (non-hydrogen) atoms. The predicted octanol–water partition coefficient (Wildman–Crippen LogP) is 0.849. The lowest BCUT2D eigenvalue weighted by Crippen LogP contribution is -2.53. The van der Waals surface area contributed by atoms with Gasteiger partial charge in [-0.2, -0.15) is 13.2 Å². The average molecular weight is 241 g/mol. The maximum atomic E-state index is 12.6. The molecular weight excluding hydrogens is 227 g/mol. The van der Waals surface area contributed by atoms with E-state index in [4.69, 9.17) is 10.2 Å². The highest BCUT2D eigenvalue weighted by atomic mass is 19.4. The molecule has 1 unspecified atom stereocenters. The van der Waals surface area contributed by atoms with Gasteiger partial charge in [-0.05, 0) is 26.3 Å². The monoisotopic (exact) mass is 241 g/mol. The Morgan fingerprint density at radius 3 is 2.25 bits per heavy atom. The van der Waals surface area contributed by atoms with Gasteiger partial charge in [0.15, 0.2) is 0 Å². The molecule has 0 amide bonds. The lowest BCUT2D eigenvalue weighted by atomic mass is 10.1. The summed E-state index contributed by atoms with van der Waals surface area (Å²) in [5, 5.41) is 17.5. The molecule has 0 aromatic heterocycles. The maximum absolute atomic E-state index is 12.6. The first-order valence-electron chi connectivity index (χ1n) is 4.89. The molecule has 1 aliphatic carbocycles. The first-order valence-corrected chi connectivity index (χ1v) is 4.89. The molecule has 0 heterocycles. The molecule has 4 nitrogen and oxygen atoms in total. The zero-order chi connectivity index (χ0) is 12.6. The molecule has 2 N–H and O–H groups in total. The minimum Gasteiger partial charge on any atom is -0.480 e. The second kappa shape index (κ2) is 4.21. The Labute approximate surface area is 90.7 Å². The van der Waals surface area contributed by atoms with Gasteiger partial charge in [0.2, 0.25) is 0 Å². The summed E-state index contributed by atoms with van der Waals surface area (Å²) in [6.45, 7) is -0.621. The SMILES string of the molecule is CN(C(CCO)C(F)(F)F)C1(C(=O)O)CC1. The molecule has 94 valence electrons. The number of halogens is 3. The molecule has 0 saturated heterocycles. The molecule has 0 aromatic carbocycles. The average Bonchev–Trinajstić information content (AvgIpc) is 2.91. The van der Waals surface area contributed by atoms with Gasteiger partial charge < -0.3 is 10.2 Å². The fraction of sp³-hybridized carbons (Fsp3) is 0.889. The third-order valence-electron chi connectivity index (χ3n) is 3.04. The number of aliphatic hydroxyl groups is 1. The molecular formula is C9H14F3NO3. The van der Waals surface area contributed by atoms with Crippen molar-refractivity contribution in [3.05, 3.63) is 0 Å². The second-order valence-corrected chi connectivity index (χ2v) is 4.02. The number of aliphatic carboxylic acids is 1. The van der Waals surface area contributed by atoms with Crippen LogP contribution in [0.2, 0.25) is 0 Å². The molecule has 1 saturated carbocycles. The van der Waals surface area contributed by atoms with Crippen molar-refractivity contribution in [2.75, 3.05) is 13.7 Å². The Kier molecular flexibility index (Phi) is 3.49. The number of likely N-dealkylation sites (N-methyl/N-ethyl adjacent to an activating group) is 1. The van der Waals surface area contributed by atoms with E-state index in [0.29, 0.717) is 0 Å². The smallest absolute Gasteiger partial charge is 0.404 e. The number of aliphatic hydroxyl groups excluding tert-OH is 1. The minimum absolute atomic E-state index is 0.219. The molecule has 0 bridgehead atoms. The van der Waals surface area contributed by atoms with Crippen LogP contribution in [-0.2, 0) is 4.79 Å². The molecule has 1 rings (SSSR count). The number of carboxylic acids is 1. The van der Waals surface area contributed by atoms with E-state index in [1.807, 2.05) is 0 Å². The zero-order valence-corrected chi connectivity index (χ0v) is 8.79. The van der Waals surface area contributed by atoms with Crippen LogP contribution in [0.15, 0.2) is 0 Å². The van der Waals surface area contributed by atoms with Crippen molar-refractivity contribution in [1.82, 2.24) is 4.90 Å². The molecule has 0 aliphatic heterocycles.